The van der Waals surface area contributed by atoms with E-state index < -0.39 is 21.8 Å². The van der Waals surface area contributed by atoms with E-state index in [0.29, 0.717) is 19.6 Å². The van der Waals surface area contributed by atoms with E-state index in [9.17, 15) is 22.7 Å². The highest BCUT2D eigenvalue weighted by Gasteiger charge is 2.20. The summed E-state index contributed by atoms with van der Waals surface area (Å²) in [5.74, 6) is -1.66. The van der Waals surface area contributed by atoms with Crippen LogP contribution in [-0.2, 0) is 10.0 Å². The zero-order valence-electron chi connectivity index (χ0n) is 15.9. The number of rotatable bonds is 9. The molecule has 0 aliphatic carbocycles. The van der Waals surface area contributed by atoms with Crippen LogP contribution in [0, 0.1) is 5.82 Å². The van der Waals surface area contributed by atoms with Gasteiger partial charge in [0, 0.05) is 19.6 Å². The number of hydrogen-bond donors (Lipinski definition) is 2. The Bertz CT molecular complexity index is 950. The maximum absolute atomic E-state index is 13.3. The Labute approximate surface area is 163 Å². The van der Waals surface area contributed by atoms with Crippen molar-refractivity contribution in [2.24, 2.45) is 0 Å². The number of halogens is 1. The Hall–Kier alpha value is -2.72. The number of pyridine rings is 1. The average molecular weight is 410 g/mol. The zero-order valence-corrected chi connectivity index (χ0v) is 16.7. The second-order valence-electron chi connectivity index (χ2n) is 6.35. The molecule has 28 heavy (non-hydrogen) atoms. The van der Waals surface area contributed by atoms with E-state index in [-0.39, 0.29) is 22.0 Å². The minimum atomic E-state index is -4.08. The molecule has 8 nitrogen and oxygen atoms in total. The number of carboxylic acid groups (broad SMARTS) is 1. The minimum absolute atomic E-state index is 0.0194. The van der Waals surface area contributed by atoms with Gasteiger partial charge in [0.15, 0.2) is 0 Å². The first-order valence-electron chi connectivity index (χ1n) is 8.55. The van der Waals surface area contributed by atoms with Crippen molar-refractivity contribution in [3.8, 4) is 0 Å². The third-order valence-electron chi connectivity index (χ3n) is 3.95. The van der Waals surface area contributed by atoms with Crippen LogP contribution in [0.4, 0.5) is 15.9 Å². The van der Waals surface area contributed by atoms with Crippen molar-refractivity contribution in [3.05, 3.63) is 47.9 Å². The summed E-state index contributed by atoms with van der Waals surface area (Å²) in [5.41, 5.74) is -0.144. The zero-order chi connectivity index (χ0) is 20.9. The number of carboxylic acids is 1. The molecular formula is C18H23FN4O4S. The van der Waals surface area contributed by atoms with Gasteiger partial charge in [0.2, 0.25) is 0 Å². The SMILES string of the molecule is CCN(CCN(C)C)c1ncc(NS(=O)(=O)c2cccc(F)c2)cc1C(=O)O. The lowest BCUT2D eigenvalue weighted by Gasteiger charge is -2.25. The highest BCUT2D eigenvalue weighted by atomic mass is 32.2. The van der Waals surface area contributed by atoms with E-state index in [1.807, 2.05) is 25.9 Å². The van der Waals surface area contributed by atoms with Crippen LogP contribution in [0.25, 0.3) is 0 Å². The lowest BCUT2D eigenvalue weighted by Crippen LogP contribution is -2.33. The van der Waals surface area contributed by atoms with Gasteiger partial charge in [0.1, 0.15) is 17.2 Å². The molecular weight excluding hydrogens is 387 g/mol. The van der Waals surface area contributed by atoms with Gasteiger partial charge in [-0.05, 0) is 45.3 Å². The first-order chi connectivity index (χ1) is 13.1. The Kier molecular flexibility index (Phi) is 6.92. The van der Waals surface area contributed by atoms with Crippen molar-refractivity contribution < 1.29 is 22.7 Å². The first-order valence-corrected chi connectivity index (χ1v) is 10.0. The number of anilines is 2. The highest BCUT2D eigenvalue weighted by Crippen LogP contribution is 2.23. The molecule has 10 heteroatoms. The Morgan fingerprint density at radius 2 is 1.96 bits per heavy atom. The third-order valence-corrected chi connectivity index (χ3v) is 5.33. The van der Waals surface area contributed by atoms with Crippen LogP contribution in [0.1, 0.15) is 17.3 Å². The van der Waals surface area contributed by atoms with Crippen molar-refractivity contribution >= 4 is 27.5 Å². The summed E-state index contributed by atoms with van der Waals surface area (Å²) in [4.78, 5) is 19.4. The number of carbonyl (C=O) groups is 1. The van der Waals surface area contributed by atoms with Crippen molar-refractivity contribution in [1.29, 1.82) is 0 Å². The van der Waals surface area contributed by atoms with Crippen LogP contribution in [0.3, 0.4) is 0 Å². The molecule has 1 aromatic carbocycles. The van der Waals surface area contributed by atoms with Gasteiger partial charge >= 0.3 is 5.97 Å². The predicted molar refractivity (Wildman–Crippen MR) is 105 cm³/mol. The molecule has 0 radical (unpaired) electrons. The summed E-state index contributed by atoms with van der Waals surface area (Å²) in [7, 11) is -0.269. The molecule has 0 aliphatic heterocycles. The van der Waals surface area contributed by atoms with Gasteiger partial charge in [0.05, 0.1) is 16.8 Å². The van der Waals surface area contributed by atoms with Crippen LogP contribution < -0.4 is 9.62 Å². The van der Waals surface area contributed by atoms with Crippen LogP contribution in [0.15, 0.2) is 41.4 Å². The van der Waals surface area contributed by atoms with Gasteiger partial charge in [-0.2, -0.15) is 0 Å². The molecule has 0 atom stereocenters. The van der Waals surface area contributed by atoms with Crippen LogP contribution in [-0.4, -0.2) is 63.1 Å². The number of sulfonamides is 1. The standard InChI is InChI=1S/C18H23FN4O4S/c1-4-23(9-8-22(2)3)17-16(18(24)25)11-14(12-20-17)21-28(26,27)15-7-5-6-13(19)10-15/h5-7,10-12,21H,4,8-9H2,1-3H3,(H,24,25). The predicted octanol–water partition coefficient (Wildman–Crippen LogP) is 2.11. The van der Waals surface area contributed by atoms with E-state index in [1.54, 1.807) is 4.90 Å². The van der Waals surface area contributed by atoms with Gasteiger partial charge in [-0.3, -0.25) is 4.72 Å². The van der Waals surface area contributed by atoms with Crippen LogP contribution in [0.2, 0.25) is 0 Å². The molecule has 0 spiro atoms. The number of nitrogens with zero attached hydrogens (tertiary/aromatic N) is 3. The summed E-state index contributed by atoms with van der Waals surface area (Å²) < 4.78 is 40.4. The summed E-state index contributed by atoms with van der Waals surface area (Å²) in [6, 6.07) is 5.73. The second kappa shape index (κ2) is 8.98. The number of hydrogen-bond acceptors (Lipinski definition) is 6. The molecule has 1 heterocycles. The summed E-state index contributed by atoms with van der Waals surface area (Å²) >= 11 is 0. The number of likely N-dealkylation sites (N-methyl/N-ethyl adjacent to an activating group) is 2. The normalized spacial score (nSPS) is 11.5. The summed E-state index contributed by atoms with van der Waals surface area (Å²) in [5, 5.41) is 9.56. The highest BCUT2D eigenvalue weighted by molar-refractivity contribution is 7.92. The lowest BCUT2D eigenvalue weighted by atomic mass is 10.2. The van der Waals surface area contributed by atoms with Crippen LogP contribution >= 0.6 is 0 Å². The number of nitrogens with one attached hydrogen (secondary N) is 1. The molecule has 0 amide bonds. The number of aromatic nitrogens is 1. The largest absolute Gasteiger partial charge is 0.478 e. The molecule has 152 valence electrons. The fourth-order valence-electron chi connectivity index (χ4n) is 2.51. The monoisotopic (exact) mass is 410 g/mol. The van der Waals surface area contributed by atoms with Gasteiger partial charge in [-0.25, -0.2) is 22.6 Å². The first kappa shape index (κ1) is 21.6. The number of aromatic carboxylic acids is 1. The van der Waals surface area contributed by atoms with Crippen molar-refractivity contribution in [2.45, 2.75) is 11.8 Å². The third kappa shape index (κ3) is 5.40. The lowest BCUT2D eigenvalue weighted by molar-refractivity contribution is 0.0697. The molecule has 2 rings (SSSR count). The fourth-order valence-corrected chi connectivity index (χ4v) is 3.57. The average Bonchev–Trinajstić information content (AvgIpc) is 2.62. The molecule has 0 saturated heterocycles. The van der Waals surface area contributed by atoms with Crippen molar-refractivity contribution in [3.63, 3.8) is 0 Å². The molecule has 1 aromatic heterocycles. The van der Waals surface area contributed by atoms with E-state index in [1.165, 1.54) is 24.4 Å². The maximum Gasteiger partial charge on any atom is 0.339 e. The second-order valence-corrected chi connectivity index (χ2v) is 8.03. The van der Waals surface area contributed by atoms with Gasteiger partial charge < -0.3 is 14.9 Å². The summed E-state index contributed by atoms with van der Waals surface area (Å²) in [6.45, 7) is 3.67. The van der Waals surface area contributed by atoms with E-state index in [2.05, 4.69) is 9.71 Å². The van der Waals surface area contributed by atoms with Crippen molar-refractivity contribution in [1.82, 2.24) is 9.88 Å². The Morgan fingerprint density at radius 1 is 1.25 bits per heavy atom. The number of benzene rings is 1. The fraction of sp³-hybridized carbons (Fsp3) is 0.333. The Morgan fingerprint density at radius 3 is 2.54 bits per heavy atom. The molecule has 0 unspecified atom stereocenters. The molecule has 0 saturated carbocycles. The summed E-state index contributed by atoms with van der Waals surface area (Å²) in [6.07, 6.45) is 1.25. The van der Waals surface area contributed by atoms with E-state index in [0.717, 1.165) is 12.1 Å². The van der Waals surface area contributed by atoms with E-state index >= 15 is 0 Å². The molecule has 2 N–H and O–H groups in total. The van der Waals surface area contributed by atoms with Crippen LogP contribution in [0.5, 0.6) is 0 Å². The topological polar surface area (TPSA) is 103 Å². The van der Waals surface area contributed by atoms with E-state index in [4.69, 9.17) is 0 Å². The molecule has 0 fully saturated rings. The van der Waals surface area contributed by atoms with Gasteiger partial charge in [-0.1, -0.05) is 6.07 Å². The van der Waals surface area contributed by atoms with Gasteiger partial charge in [0.25, 0.3) is 10.0 Å². The maximum atomic E-state index is 13.3. The molecule has 2 aromatic rings. The quantitative estimate of drug-likeness (QED) is 0.653. The van der Waals surface area contributed by atoms with Gasteiger partial charge in [-0.15, -0.1) is 0 Å². The minimum Gasteiger partial charge on any atom is -0.478 e. The Balaban J connectivity index is 2.35. The molecule has 0 aliphatic rings. The smallest absolute Gasteiger partial charge is 0.339 e. The van der Waals surface area contributed by atoms with Crippen molar-refractivity contribution in [2.75, 3.05) is 43.4 Å². The molecule has 0 bridgehead atoms.